The number of carboxylic acids is 1. The minimum Gasteiger partial charge on any atom is -0.477 e. The summed E-state index contributed by atoms with van der Waals surface area (Å²) in [6, 6.07) is 0. The summed E-state index contributed by atoms with van der Waals surface area (Å²) in [7, 11) is 0.399. The Hall–Kier alpha value is -1.39. The molecule has 2 unspecified atom stereocenters. The third-order valence-electron chi connectivity index (χ3n) is 4.06. The van der Waals surface area contributed by atoms with Crippen LogP contribution in [0.3, 0.4) is 0 Å². The van der Waals surface area contributed by atoms with Crippen LogP contribution in [0.15, 0.2) is 11.3 Å². The second kappa shape index (κ2) is 6.73. The van der Waals surface area contributed by atoms with Crippen LogP contribution in [-0.2, 0) is 28.2 Å². The number of amides is 1. The van der Waals surface area contributed by atoms with Crippen LogP contribution in [-0.4, -0.2) is 76.7 Å². The Morgan fingerprint density at radius 2 is 2.12 bits per heavy atom. The van der Waals surface area contributed by atoms with E-state index >= 15 is 0 Å². The van der Waals surface area contributed by atoms with E-state index in [4.69, 9.17) is 15.0 Å². The molecule has 2 rings (SSSR count). The van der Waals surface area contributed by atoms with Crippen LogP contribution in [0.5, 0.6) is 0 Å². The summed E-state index contributed by atoms with van der Waals surface area (Å²) in [5, 5.41) is 6.78. The maximum Gasteiger partial charge on any atom is 0.352 e. The molecule has 140 valence electrons. The van der Waals surface area contributed by atoms with Crippen molar-refractivity contribution in [3.05, 3.63) is 11.3 Å². The van der Waals surface area contributed by atoms with Crippen LogP contribution in [0.25, 0.3) is 0 Å². The Balaban J connectivity index is 2.44. The molecule has 10 nitrogen and oxygen atoms in total. The number of carboxylic acid groups (broad SMARTS) is 1. The maximum atomic E-state index is 13.1. The highest BCUT2D eigenvalue weighted by molar-refractivity contribution is 8.00. The average molecular weight is 393 g/mol. The number of β-lactam (4-membered cyclic amide) rings is 1. The fraction of sp³-hybridized carbons (Fsp3) is 0.615. The lowest BCUT2D eigenvalue weighted by molar-refractivity contribution is -0.151. The van der Waals surface area contributed by atoms with Crippen LogP contribution in [0, 0.1) is 0 Å². The van der Waals surface area contributed by atoms with Gasteiger partial charge < -0.3 is 20.1 Å². The minimum atomic E-state index is -3.74. The van der Waals surface area contributed by atoms with Crippen molar-refractivity contribution in [1.82, 2.24) is 9.57 Å². The van der Waals surface area contributed by atoms with Gasteiger partial charge in [-0.05, 0) is 14.1 Å². The van der Waals surface area contributed by atoms with E-state index in [0.717, 1.165) is 16.7 Å². The first-order chi connectivity index (χ1) is 11.5. The van der Waals surface area contributed by atoms with E-state index < -0.39 is 36.0 Å². The number of nitrogens with zero attached hydrogens (tertiary/aromatic N) is 2. The molecule has 0 spiro atoms. The maximum absolute atomic E-state index is 13.1. The molecule has 1 amide bonds. The van der Waals surface area contributed by atoms with Gasteiger partial charge in [-0.1, -0.05) is 0 Å². The number of esters is 1. The lowest BCUT2D eigenvalue weighted by atomic mass is 10.0. The van der Waals surface area contributed by atoms with E-state index in [-0.39, 0.29) is 23.6 Å². The molecule has 0 aromatic heterocycles. The van der Waals surface area contributed by atoms with Crippen molar-refractivity contribution in [2.75, 3.05) is 33.6 Å². The van der Waals surface area contributed by atoms with Crippen LogP contribution in [0.2, 0.25) is 0 Å². The zero-order valence-corrected chi connectivity index (χ0v) is 15.9. The number of fused-ring (bicyclic) bond motifs is 1. The molecule has 0 aromatic rings. The first kappa shape index (κ1) is 19.9. The number of carbonyl (C=O) groups is 3. The molecular formula is C13H20N3O7PS. The molecule has 25 heavy (non-hydrogen) atoms. The molecule has 0 bridgehead atoms. The van der Waals surface area contributed by atoms with Gasteiger partial charge in [0.05, 0.1) is 0 Å². The summed E-state index contributed by atoms with van der Waals surface area (Å²) in [4.78, 5) is 36.4. The van der Waals surface area contributed by atoms with Crippen molar-refractivity contribution in [2.24, 2.45) is 5.73 Å². The van der Waals surface area contributed by atoms with Crippen LogP contribution in [0.1, 0.15) is 6.92 Å². The topological polar surface area (TPSA) is 139 Å². The number of rotatable bonds is 6. The molecule has 12 heteroatoms. The Bertz CT molecular complexity index is 710. The van der Waals surface area contributed by atoms with Crippen LogP contribution < -0.4 is 5.73 Å². The highest BCUT2D eigenvalue weighted by atomic mass is 32.2. The van der Waals surface area contributed by atoms with Gasteiger partial charge in [0.25, 0.3) is 5.91 Å². The summed E-state index contributed by atoms with van der Waals surface area (Å²) in [5.41, 5.74) is 6.16. The van der Waals surface area contributed by atoms with Crippen molar-refractivity contribution in [3.63, 3.8) is 0 Å². The van der Waals surface area contributed by atoms with Gasteiger partial charge in [-0.2, -0.15) is 0 Å². The van der Waals surface area contributed by atoms with Crippen molar-refractivity contribution in [3.8, 4) is 0 Å². The summed E-state index contributed by atoms with van der Waals surface area (Å²) < 4.78 is 24.3. The Labute approximate surface area is 148 Å². The van der Waals surface area contributed by atoms with Gasteiger partial charge in [-0.3, -0.25) is 19.1 Å². The standard InChI is InChI=1S/C13H20N3O7PS/c1-7(17)23-5-8-6-25-12-13(14,24(21,22-4)15(2)3)11(20)16(12)9(8)10(18)19/h12H,5-6,14H2,1-4H3,(H,18,19)/t12-,13?,24?/m1/s1. The van der Waals surface area contributed by atoms with Crippen molar-refractivity contribution in [2.45, 2.75) is 17.6 Å². The summed E-state index contributed by atoms with van der Waals surface area (Å²) >= 11 is 1.15. The summed E-state index contributed by atoms with van der Waals surface area (Å²) in [5.74, 6) is -2.55. The minimum absolute atomic E-state index is 0.166. The van der Waals surface area contributed by atoms with E-state index in [9.17, 15) is 24.1 Å². The second-order valence-corrected chi connectivity index (χ2v) is 9.77. The first-order valence-corrected chi connectivity index (χ1v) is 9.81. The number of nitrogens with two attached hydrogens (primary N) is 1. The molecule has 0 radical (unpaired) electrons. The highest BCUT2D eigenvalue weighted by Crippen LogP contribution is 2.66. The van der Waals surface area contributed by atoms with Gasteiger partial charge in [-0.15, -0.1) is 11.8 Å². The molecule has 0 aliphatic carbocycles. The second-order valence-electron chi connectivity index (χ2n) is 5.75. The van der Waals surface area contributed by atoms with Gasteiger partial charge in [-0.25, -0.2) is 9.46 Å². The van der Waals surface area contributed by atoms with Gasteiger partial charge in [0, 0.05) is 25.4 Å². The fourth-order valence-electron chi connectivity index (χ4n) is 2.83. The molecule has 1 saturated heterocycles. The molecular weight excluding hydrogens is 373 g/mol. The summed E-state index contributed by atoms with van der Waals surface area (Å²) in [6.07, 6.45) is 0. The molecule has 3 atom stereocenters. The van der Waals surface area contributed by atoms with Crippen LogP contribution in [0.4, 0.5) is 0 Å². The Morgan fingerprint density at radius 1 is 1.52 bits per heavy atom. The highest BCUT2D eigenvalue weighted by Gasteiger charge is 2.72. The molecule has 3 N–H and O–H groups in total. The average Bonchev–Trinajstić information content (AvgIpc) is 2.56. The van der Waals surface area contributed by atoms with Gasteiger partial charge in [0.15, 0.2) is 0 Å². The molecule has 0 aromatic carbocycles. The molecule has 2 heterocycles. The van der Waals surface area contributed by atoms with Crippen molar-refractivity contribution < 1.29 is 33.3 Å². The van der Waals surface area contributed by atoms with Gasteiger partial charge >= 0.3 is 19.5 Å². The third kappa shape index (κ3) is 2.80. The lowest BCUT2D eigenvalue weighted by Crippen LogP contribution is -2.78. The number of carbonyl (C=O) groups excluding carboxylic acids is 2. The normalized spacial score (nSPS) is 28.3. The summed E-state index contributed by atoms with van der Waals surface area (Å²) in [6.45, 7) is 0.957. The quantitative estimate of drug-likeness (QED) is 0.356. The molecule has 1 fully saturated rings. The largest absolute Gasteiger partial charge is 0.477 e. The third-order valence-corrected chi connectivity index (χ3v) is 8.56. The van der Waals surface area contributed by atoms with Gasteiger partial charge in [0.1, 0.15) is 17.7 Å². The number of hydrogen-bond acceptors (Lipinski definition) is 8. The Morgan fingerprint density at radius 3 is 2.56 bits per heavy atom. The van der Waals surface area contributed by atoms with Gasteiger partial charge in [0.2, 0.25) is 5.28 Å². The van der Waals surface area contributed by atoms with Crippen LogP contribution >= 0.6 is 19.3 Å². The zero-order valence-electron chi connectivity index (χ0n) is 14.2. The smallest absolute Gasteiger partial charge is 0.352 e. The molecule has 2 aliphatic rings. The number of ether oxygens (including phenoxy) is 1. The van der Waals surface area contributed by atoms with E-state index in [1.165, 1.54) is 32.8 Å². The fourth-order valence-corrected chi connectivity index (χ4v) is 6.78. The Kier molecular flexibility index (Phi) is 5.36. The van der Waals surface area contributed by atoms with Crippen molar-refractivity contribution >= 4 is 37.1 Å². The van der Waals surface area contributed by atoms with E-state index in [2.05, 4.69) is 0 Å². The van der Waals surface area contributed by atoms with Crippen molar-refractivity contribution in [1.29, 1.82) is 0 Å². The lowest BCUT2D eigenvalue weighted by Gasteiger charge is -2.57. The monoisotopic (exact) mass is 393 g/mol. The zero-order chi connectivity index (χ0) is 19.2. The predicted molar refractivity (Wildman–Crippen MR) is 89.6 cm³/mol. The predicted octanol–water partition coefficient (Wildman–Crippen LogP) is -0.141. The number of aliphatic carboxylic acids is 1. The molecule has 2 aliphatic heterocycles. The van der Waals surface area contributed by atoms with E-state index in [1.54, 1.807) is 0 Å². The SMILES string of the molecule is COP(=O)(N(C)C)C1(N)C(=O)N2C(C(=O)O)=C(COC(C)=O)CS[C@@H]21. The van der Waals surface area contributed by atoms with E-state index in [1.807, 2.05) is 0 Å². The van der Waals surface area contributed by atoms with E-state index in [0.29, 0.717) is 0 Å². The number of hydrogen-bond donors (Lipinski definition) is 2. The first-order valence-electron chi connectivity index (χ1n) is 7.18. The molecule has 0 saturated carbocycles. The number of thioether (sulfide) groups is 1.